The number of carbonyl (C=O) groups is 1. The van der Waals surface area contributed by atoms with Crippen LogP contribution in [0.15, 0.2) is 0 Å². The monoisotopic (exact) mass is 434 g/mol. The smallest absolute Gasteiger partial charge is 0.303 e. The Kier molecular flexibility index (Phi) is 6.81. The van der Waals surface area contributed by atoms with E-state index in [2.05, 4.69) is 27.7 Å². The fourth-order valence-corrected chi connectivity index (χ4v) is 9.27. The summed E-state index contributed by atoms with van der Waals surface area (Å²) in [5.41, 5.74) is 0.803. The summed E-state index contributed by atoms with van der Waals surface area (Å²) >= 11 is 0. The first-order valence-corrected chi connectivity index (χ1v) is 13.0. The summed E-state index contributed by atoms with van der Waals surface area (Å²) in [5, 5.41) is 9.20. The molecule has 0 saturated heterocycles. The molecule has 0 amide bonds. The molecule has 4 rings (SSSR count). The first-order chi connectivity index (χ1) is 14.7. The molecule has 0 unspecified atom stereocenters. The van der Waals surface area contributed by atoms with Gasteiger partial charge >= 0.3 is 5.97 Å². The van der Waals surface area contributed by atoms with E-state index < -0.39 is 5.97 Å². The molecule has 0 heterocycles. The van der Waals surface area contributed by atoms with Crippen molar-refractivity contribution in [2.45, 2.75) is 98.0 Å². The lowest BCUT2D eigenvalue weighted by atomic mass is 9.43. The third-order valence-corrected chi connectivity index (χ3v) is 10.9. The van der Waals surface area contributed by atoms with Gasteiger partial charge in [-0.05, 0) is 104 Å². The van der Waals surface area contributed by atoms with Gasteiger partial charge in [0.1, 0.15) is 6.79 Å². The molecule has 4 aliphatic carbocycles. The van der Waals surface area contributed by atoms with Gasteiger partial charge in [-0.25, -0.2) is 0 Å². The van der Waals surface area contributed by atoms with Gasteiger partial charge in [0.25, 0.3) is 0 Å². The molecule has 0 aromatic carbocycles. The van der Waals surface area contributed by atoms with E-state index in [-0.39, 0.29) is 0 Å². The van der Waals surface area contributed by atoms with Gasteiger partial charge in [-0.15, -0.1) is 0 Å². The molecule has 4 fully saturated rings. The van der Waals surface area contributed by atoms with Crippen LogP contribution in [-0.2, 0) is 14.3 Å². The first-order valence-electron chi connectivity index (χ1n) is 13.0. The highest BCUT2D eigenvalue weighted by Gasteiger charge is 2.63. The van der Waals surface area contributed by atoms with Crippen molar-refractivity contribution < 1.29 is 19.4 Å². The summed E-state index contributed by atoms with van der Waals surface area (Å²) < 4.78 is 11.8. The van der Waals surface area contributed by atoms with Gasteiger partial charge in [0.15, 0.2) is 0 Å². The molecule has 1 N–H and O–H groups in total. The van der Waals surface area contributed by atoms with Crippen LogP contribution in [0.1, 0.15) is 91.9 Å². The van der Waals surface area contributed by atoms with E-state index >= 15 is 0 Å². The van der Waals surface area contributed by atoms with Gasteiger partial charge in [0.2, 0.25) is 0 Å². The van der Waals surface area contributed by atoms with Crippen LogP contribution in [0, 0.1) is 52.3 Å². The topological polar surface area (TPSA) is 55.8 Å². The zero-order valence-corrected chi connectivity index (χ0v) is 20.6. The number of carboxylic acid groups (broad SMARTS) is 1. The Hall–Kier alpha value is -0.610. The van der Waals surface area contributed by atoms with Crippen molar-refractivity contribution in [1.82, 2.24) is 0 Å². The lowest BCUT2D eigenvalue weighted by molar-refractivity contribution is -0.204. The third kappa shape index (κ3) is 4.09. The van der Waals surface area contributed by atoms with Gasteiger partial charge in [0, 0.05) is 13.5 Å². The van der Waals surface area contributed by atoms with Crippen molar-refractivity contribution in [2.75, 3.05) is 13.9 Å². The summed E-state index contributed by atoms with van der Waals surface area (Å²) in [5.74, 6) is 4.24. The fourth-order valence-electron chi connectivity index (χ4n) is 9.27. The van der Waals surface area contributed by atoms with Crippen LogP contribution < -0.4 is 0 Å². The van der Waals surface area contributed by atoms with E-state index in [1.165, 1.54) is 51.4 Å². The van der Waals surface area contributed by atoms with Crippen molar-refractivity contribution >= 4 is 5.97 Å². The first kappa shape index (κ1) is 23.5. The zero-order chi connectivity index (χ0) is 22.4. The molecule has 178 valence electrons. The number of carboxylic acids is 1. The van der Waals surface area contributed by atoms with Gasteiger partial charge < -0.3 is 14.6 Å². The number of rotatable bonds is 7. The van der Waals surface area contributed by atoms with E-state index in [0.29, 0.717) is 53.8 Å². The van der Waals surface area contributed by atoms with E-state index in [0.717, 1.165) is 24.2 Å². The number of ether oxygens (including phenoxy) is 2. The molecule has 0 spiro atoms. The minimum atomic E-state index is -0.652. The van der Waals surface area contributed by atoms with Crippen LogP contribution in [0.5, 0.6) is 0 Å². The van der Waals surface area contributed by atoms with E-state index in [1.54, 1.807) is 7.11 Å². The number of aliphatic carboxylic acids is 1. The summed E-state index contributed by atoms with van der Waals surface area (Å²) in [7, 11) is 1.74. The molecule has 4 heteroatoms. The zero-order valence-electron chi connectivity index (χ0n) is 20.6. The largest absolute Gasteiger partial charge is 0.481 e. The highest BCUT2D eigenvalue weighted by Crippen LogP contribution is 2.69. The highest BCUT2D eigenvalue weighted by atomic mass is 16.7. The second-order valence-electron chi connectivity index (χ2n) is 12.4. The lowest BCUT2D eigenvalue weighted by Gasteiger charge is -2.63. The Morgan fingerprint density at radius 2 is 1.77 bits per heavy atom. The van der Waals surface area contributed by atoms with Crippen molar-refractivity contribution in [3.8, 4) is 0 Å². The Morgan fingerprint density at radius 1 is 1.06 bits per heavy atom. The predicted octanol–water partition coefficient (Wildman–Crippen LogP) is 6.38. The molecular weight excluding hydrogens is 388 g/mol. The van der Waals surface area contributed by atoms with E-state index in [9.17, 15) is 9.90 Å². The van der Waals surface area contributed by atoms with Crippen LogP contribution in [0.3, 0.4) is 0 Å². The minimum Gasteiger partial charge on any atom is -0.481 e. The molecule has 10 atom stereocenters. The molecular formula is C27H46O4. The van der Waals surface area contributed by atoms with Gasteiger partial charge in [-0.3, -0.25) is 4.79 Å². The molecule has 4 aliphatic rings. The van der Waals surface area contributed by atoms with Crippen LogP contribution >= 0.6 is 0 Å². The molecule has 0 radical (unpaired) electrons. The lowest BCUT2D eigenvalue weighted by Crippen LogP contribution is -2.58. The number of hydrogen-bond donors (Lipinski definition) is 1. The maximum absolute atomic E-state index is 11.2. The number of hydrogen-bond acceptors (Lipinski definition) is 3. The van der Waals surface area contributed by atoms with Crippen molar-refractivity contribution in [1.29, 1.82) is 0 Å². The predicted molar refractivity (Wildman–Crippen MR) is 123 cm³/mol. The van der Waals surface area contributed by atoms with Gasteiger partial charge in [-0.2, -0.15) is 0 Å². The molecule has 0 aromatic heterocycles. The van der Waals surface area contributed by atoms with Gasteiger partial charge in [-0.1, -0.05) is 34.1 Å². The molecule has 4 nitrogen and oxygen atoms in total. The standard InChI is InChI=1S/C27H46O4/c1-17-10-12-26(3)19(14-17)15-23(31-16-30-5)25-21-8-7-20(18(2)6-9-24(28)29)27(21,4)13-11-22(25)26/h17-23,25H,6-16H2,1-5H3,(H,28,29)/t17-,18-,19+,20-,21+,22+,23-,25+,26+,27-/m1/s1. The maximum Gasteiger partial charge on any atom is 0.303 e. The summed E-state index contributed by atoms with van der Waals surface area (Å²) in [6.07, 6.45) is 12.0. The van der Waals surface area contributed by atoms with Gasteiger partial charge in [0.05, 0.1) is 6.10 Å². The van der Waals surface area contributed by atoms with Crippen molar-refractivity contribution in [3.05, 3.63) is 0 Å². The van der Waals surface area contributed by atoms with E-state index in [4.69, 9.17) is 9.47 Å². The van der Waals surface area contributed by atoms with Crippen molar-refractivity contribution in [2.24, 2.45) is 52.3 Å². The minimum absolute atomic E-state index is 0.308. The quantitative estimate of drug-likeness (QED) is 0.472. The summed E-state index contributed by atoms with van der Waals surface area (Å²) in [6, 6.07) is 0. The Balaban J connectivity index is 1.59. The molecule has 31 heavy (non-hydrogen) atoms. The molecule has 0 aliphatic heterocycles. The number of fused-ring (bicyclic) bond motifs is 5. The molecule has 0 aromatic rings. The van der Waals surface area contributed by atoms with Crippen LogP contribution in [0.4, 0.5) is 0 Å². The SMILES string of the molecule is COCO[C@@H]1C[C@@H]2C[C@H](C)CC[C@]2(C)[C@H]2CC[C@]3(C)[C@@H]([C@H](C)CCC(=O)O)CC[C@H]3[C@H]12. The van der Waals surface area contributed by atoms with Crippen LogP contribution in [0.2, 0.25) is 0 Å². The van der Waals surface area contributed by atoms with Crippen LogP contribution in [-0.4, -0.2) is 31.1 Å². The Labute approximate surface area is 189 Å². The summed E-state index contributed by atoms with van der Waals surface area (Å²) in [4.78, 5) is 11.2. The maximum atomic E-state index is 11.2. The Morgan fingerprint density at radius 3 is 2.48 bits per heavy atom. The fraction of sp³-hybridized carbons (Fsp3) is 0.963. The summed E-state index contributed by atoms with van der Waals surface area (Å²) in [6.45, 7) is 10.3. The number of methoxy groups -OCH3 is 1. The van der Waals surface area contributed by atoms with Crippen molar-refractivity contribution in [3.63, 3.8) is 0 Å². The second-order valence-corrected chi connectivity index (χ2v) is 12.4. The average molecular weight is 435 g/mol. The second kappa shape index (κ2) is 8.97. The normalized spacial score (nSPS) is 47.8. The average Bonchev–Trinajstić information content (AvgIpc) is 3.08. The molecule has 0 bridgehead atoms. The van der Waals surface area contributed by atoms with E-state index in [1.807, 2.05) is 0 Å². The Bertz CT molecular complexity index is 649. The third-order valence-electron chi connectivity index (χ3n) is 10.9. The highest BCUT2D eigenvalue weighted by molar-refractivity contribution is 5.66. The molecule has 4 saturated carbocycles. The van der Waals surface area contributed by atoms with Crippen LogP contribution in [0.25, 0.3) is 0 Å².